The molecule has 5 rings (SSSR count). The van der Waals surface area contributed by atoms with Gasteiger partial charge in [-0.05, 0) is 73.6 Å². The molecule has 2 aromatic carbocycles. The van der Waals surface area contributed by atoms with Crippen molar-refractivity contribution < 1.29 is 9.18 Å². The van der Waals surface area contributed by atoms with Crippen molar-refractivity contribution in [3.05, 3.63) is 64.9 Å². The fourth-order valence-electron chi connectivity index (χ4n) is 5.83. The van der Waals surface area contributed by atoms with E-state index in [1.165, 1.54) is 18.6 Å². The molecule has 0 radical (unpaired) electrons. The highest BCUT2D eigenvalue weighted by molar-refractivity contribution is 6.30. The van der Waals surface area contributed by atoms with Crippen molar-refractivity contribution in [2.24, 2.45) is 5.92 Å². The summed E-state index contributed by atoms with van der Waals surface area (Å²) in [5.41, 5.74) is 1.88. The van der Waals surface area contributed by atoms with E-state index < -0.39 is 0 Å². The van der Waals surface area contributed by atoms with Crippen molar-refractivity contribution in [2.45, 2.75) is 37.5 Å². The summed E-state index contributed by atoms with van der Waals surface area (Å²) in [6.45, 7) is 6.73. The first kappa shape index (κ1) is 22.7. The van der Waals surface area contributed by atoms with Gasteiger partial charge in [-0.15, -0.1) is 0 Å². The molecule has 0 bridgehead atoms. The number of carbonyl (C=O) groups excluding carboxylic acids is 1. The third-order valence-corrected chi connectivity index (χ3v) is 8.15. The van der Waals surface area contributed by atoms with Gasteiger partial charge in [0, 0.05) is 56.5 Å². The van der Waals surface area contributed by atoms with Crippen LogP contribution in [0, 0.1) is 11.7 Å². The molecule has 1 unspecified atom stereocenters. The smallest absolute Gasteiger partial charge is 0.233 e. The monoisotopic (exact) mass is 469 g/mol. The van der Waals surface area contributed by atoms with E-state index in [0.717, 1.165) is 87.8 Å². The van der Waals surface area contributed by atoms with Gasteiger partial charge >= 0.3 is 0 Å². The van der Waals surface area contributed by atoms with Crippen LogP contribution in [0.25, 0.3) is 0 Å². The Bertz CT molecular complexity index is 952. The van der Waals surface area contributed by atoms with Gasteiger partial charge in [-0.25, -0.2) is 4.39 Å². The highest BCUT2D eigenvalue weighted by Gasteiger charge is 2.48. The van der Waals surface area contributed by atoms with E-state index in [4.69, 9.17) is 11.6 Å². The summed E-state index contributed by atoms with van der Waals surface area (Å²) in [5.74, 6) is 0.665. The van der Waals surface area contributed by atoms with Crippen LogP contribution in [0.2, 0.25) is 5.02 Å². The first-order valence-corrected chi connectivity index (χ1v) is 12.7. The molecule has 2 saturated heterocycles. The maximum Gasteiger partial charge on any atom is 0.233 e. The molecule has 1 atom stereocenters. The number of benzene rings is 2. The van der Waals surface area contributed by atoms with Crippen molar-refractivity contribution in [1.82, 2.24) is 9.80 Å². The predicted octanol–water partition coefficient (Wildman–Crippen LogP) is 4.96. The molecule has 6 heteroatoms. The van der Waals surface area contributed by atoms with Crippen LogP contribution < -0.4 is 4.90 Å². The molecule has 4 nitrogen and oxygen atoms in total. The topological polar surface area (TPSA) is 26.8 Å². The molecule has 176 valence electrons. The Morgan fingerprint density at radius 1 is 0.939 bits per heavy atom. The number of likely N-dealkylation sites (tertiary alicyclic amines) is 1. The molecule has 0 N–H and O–H groups in total. The third kappa shape index (κ3) is 4.76. The van der Waals surface area contributed by atoms with Gasteiger partial charge in [-0.2, -0.15) is 0 Å². The Morgan fingerprint density at radius 3 is 2.27 bits per heavy atom. The maximum atomic E-state index is 13.7. The summed E-state index contributed by atoms with van der Waals surface area (Å²) < 4.78 is 13.2. The third-order valence-electron chi connectivity index (χ3n) is 7.90. The van der Waals surface area contributed by atoms with E-state index in [1.54, 1.807) is 0 Å². The fourth-order valence-corrected chi connectivity index (χ4v) is 5.96. The van der Waals surface area contributed by atoms with E-state index in [1.807, 2.05) is 36.4 Å². The fraction of sp³-hybridized carbons (Fsp3) is 0.519. The Kier molecular flexibility index (Phi) is 6.62. The molecule has 1 amide bonds. The molecule has 0 spiro atoms. The van der Waals surface area contributed by atoms with Crippen LogP contribution in [0.1, 0.15) is 37.7 Å². The summed E-state index contributed by atoms with van der Waals surface area (Å²) in [6, 6.07) is 14.7. The number of piperidine rings is 1. The zero-order valence-electron chi connectivity index (χ0n) is 19.2. The molecule has 2 heterocycles. The van der Waals surface area contributed by atoms with Gasteiger partial charge in [-0.3, -0.25) is 9.69 Å². The van der Waals surface area contributed by atoms with Crippen LogP contribution in [-0.4, -0.2) is 61.5 Å². The number of carbonyl (C=O) groups is 1. The van der Waals surface area contributed by atoms with Gasteiger partial charge in [0.1, 0.15) is 5.82 Å². The normalized spacial score (nSPS) is 23.3. The van der Waals surface area contributed by atoms with Gasteiger partial charge in [-0.1, -0.05) is 30.2 Å². The van der Waals surface area contributed by atoms with Crippen LogP contribution in [0.4, 0.5) is 10.1 Å². The second kappa shape index (κ2) is 9.63. The average Bonchev–Trinajstić information content (AvgIpc) is 2.81. The average molecular weight is 470 g/mol. The molecule has 2 aliphatic heterocycles. The van der Waals surface area contributed by atoms with E-state index in [-0.39, 0.29) is 11.2 Å². The van der Waals surface area contributed by atoms with Crippen molar-refractivity contribution in [1.29, 1.82) is 0 Å². The molecule has 1 saturated carbocycles. The van der Waals surface area contributed by atoms with E-state index in [9.17, 15) is 9.18 Å². The van der Waals surface area contributed by atoms with Crippen molar-refractivity contribution >= 4 is 23.2 Å². The zero-order valence-corrected chi connectivity index (χ0v) is 19.9. The molecule has 2 aromatic rings. The molecule has 0 aromatic heterocycles. The Morgan fingerprint density at radius 2 is 1.64 bits per heavy atom. The van der Waals surface area contributed by atoms with E-state index in [2.05, 4.69) is 14.7 Å². The molecule has 1 aliphatic carbocycles. The molecular weight excluding hydrogens is 437 g/mol. The SMILES string of the molecule is O=C(N1CCCC(CN2CCN(c3ccc(F)cc3)CC2)C1)C1(c2ccc(Cl)cc2)CCC1. The standard InChI is InChI=1S/C27H33ClFN3O/c28-23-6-4-22(5-7-23)27(12-2-13-27)26(33)32-14-1-3-21(20-32)19-30-15-17-31(18-16-30)25-10-8-24(29)9-11-25/h4-11,21H,1-3,12-20H2. The lowest BCUT2D eigenvalue weighted by molar-refractivity contribution is -0.143. The Balaban J connectivity index is 1.17. The Hall–Kier alpha value is -2.11. The molecular formula is C27H33ClFN3O. The van der Waals surface area contributed by atoms with Crippen molar-refractivity contribution in [3.63, 3.8) is 0 Å². The van der Waals surface area contributed by atoms with Crippen LogP contribution >= 0.6 is 11.6 Å². The van der Waals surface area contributed by atoms with Crippen LogP contribution in [0.3, 0.4) is 0 Å². The van der Waals surface area contributed by atoms with Gasteiger partial charge in [0.05, 0.1) is 5.41 Å². The highest BCUT2D eigenvalue weighted by Crippen LogP contribution is 2.46. The molecule has 3 aliphatic rings. The van der Waals surface area contributed by atoms with Gasteiger partial charge in [0.15, 0.2) is 0 Å². The molecule has 3 fully saturated rings. The number of piperazine rings is 1. The van der Waals surface area contributed by atoms with Gasteiger partial charge in [0.2, 0.25) is 5.91 Å². The molecule has 33 heavy (non-hydrogen) atoms. The summed E-state index contributed by atoms with van der Waals surface area (Å²) in [7, 11) is 0. The first-order valence-electron chi connectivity index (χ1n) is 12.3. The number of anilines is 1. The van der Waals surface area contributed by atoms with E-state index >= 15 is 0 Å². The first-order chi connectivity index (χ1) is 16.0. The number of amides is 1. The lowest BCUT2D eigenvalue weighted by Gasteiger charge is -2.46. The predicted molar refractivity (Wildman–Crippen MR) is 131 cm³/mol. The summed E-state index contributed by atoms with van der Waals surface area (Å²) in [6.07, 6.45) is 5.28. The number of nitrogens with zero attached hydrogens (tertiary/aromatic N) is 3. The minimum Gasteiger partial charge on any atom is -0.369 e. The quantitative estimate of drug-likeness (QED) is 0.619. The summed E-state index contributed by atoms with van der Waals surface area (Å²) >= 11 is 6.09. The second-order valence-electron chi connectivity index (χ2n) is 9.97. The van der Waals surface area contributed by atoms with Gasteiger partial charge in [0.25, 0.3) is 0 Å². The van der Waals surface area contributed by atoms with Crippen LogP contribution in [-0.2, 0) is 10.2 Å². The summed E-state index contributed by atoms with van der Waals surface area (Å²) in [4.78, 5) is 20.7. The van der Waals surface area contributed by atoms with E-state index in [0.29, 0.717) is 11.8 Å². The zero-order chi connectivity index (χ0) is 22.8. The minimum absolute atomic E-state index is 0.187. The van der Waals surface area contributed by atoms with Crippen molar-refractivity contribution in [3.8, 4) is 0 Å². The highest BCUT2D eigenvalue weighted by atomic mass is 35.5. The second-order valence-corrected chi connectivity index (χ2v) is 10.4. The lowest BCUT2D eigenvalue weighted by atomic mass is 9.63. The maximum absolute atomic E-state index is 13.7. The number of rotatable bonds is 5. The van der Waals surface area contributed by atoms with Crippen LogP contribution in [0.5, 0.6) is 0 Å². The number of halogens is 2. The van der Waals surface area contributed by atoms with Gasteiger partial charge < -0.3 is 9.80 Å². The lowest BCUT2D eigenvalue weighted by Crippen LogP contribution is -2.55. The summed E-state index contributed by atoms with van der Waals surface area (Å²) in [5, 5.41) is 0.721. The largest absolute Gasteiger partial charge is 0.369 e. The van der Waals surface area contributed by atoms with Crippen molar-refractivity contribution in [2.75, 3.05) is 50.7 Å². The number of hydrogen-bond acceptors (Lipinski definition) is 3. The Labute approximate surface area is 201 Å². The number of hydrogen-bond donors (Lipinski definition) is 0. The van der Waals surface area contributed by atoms with Crippen LogP contribution in [0.15, 0.2) is 48.5 Å². The minimum atomic E-state index is -0.340.